The van der Waals surface area contributed by atoms with E-state index in [1.807, 2.05) is 6.92 Å². The van der Waals surface area contributed by atoms with Crippen LogP contribution in [0, 0.1) is 6.92 Å². The number of hydrogen-bond acceptors (Lipinski definition) is 2. The Morgan fingerprint density at radius 3 is 2.57 bits per heavy atom. The molecule has 1 aromatic heterocycles. The molecule has 1 N–H and O–H groups in total. The standard InChI is InChI=1S/C5H6OS/c1-4-2-5(6)3-7-4/h2-3,6H,1H3. The Labute approximate surface area is 46.2 Å². The van der Waals surface area contributed by atoms with E-state index in [-0.39, 0.29) is 0 Å². The molecule has 0 atom stereocenters. The van der Waals surface area contributed by atoms with Crippen molar-refractivity contribution in [2.75, 3.05) is 0 Å². The molecule has 38 valence electrons. The minimum atomic E-state index is 0.377. The molecule has 0 bridgehead atoms. The van der Waals surface area contributed by atoms with E-state index in [1.54, 1.807) is 22.8 Å². The zero-order valence-electron chi connectivity index (χ0n) is 4.01. The van der Waals surface area contributed by atoms with Crippen molar-refractivity contribution >= 4 is 11.3 Å². The molecule has 0 radical (unpaired) electrons. The second-order valence-electron chi connectivity index (χ2n) is 1.42. The Bertz CT molecular complexity index is 140. The number of thiophene rings is 1. The average molecular weight is 114 g/mol. The second kappa shape index (κ2) is 1.54. The Balaban J connectivity index is 3.04. The fourth-order valence-corrected chi connectivity index (χ4v) is 0.993. The molecule has 0 aromatic carbocycles. The molecule has 1 nitrogen and oxygen atoms in total. The first-order chi connectivity index (χ1) is 3.29. The Morgan fingerprint density at radius 1 is 1.71 bits per heavy atom. The van der Waals surface area contributed by atoms with Gasteiger partial charge in [-0.15, -0.1) is 11.3 Å². The third-order valence-corrected chi connectivity index (χ3v) is 1.57. The van der Waals surface area contributed by atoms with E-state index in [0.717, 1.165) is 4.88 Å². The van der Waals surface area contributed by atoms with Gasteiger partial charge < -0.3 is 5.11 Å². The zero-order chi connectivity index (χ0) is 5.28. The van der Waals surface area contributed by atoms with Gasteiger partial charge in [0.2, 0.25) is 0 Å². The highest BCUT2D eigenvalue weighted by molar-refractivity contribution is 7.10. The van der Waals surface area contributed by atoms with Crippen molar-refractivity contribution in [3.8, 4) is 5.75 Å². The summed E-state index contributed by atoms with van der Waals surface area (Å²) in [6.07, 6.45) is 0. The monoisotopic (exact) mass is 114 g/mol. The molecular weight excluding hydrogens is 108 g/mol. The van der Waals surface area contributed by atoms with Crippen LogP contribution in [0.15, 0.2) is 11.4 Å². The molecule has 7 heavy (non-hydrogen) atoms. The molecular formula is C5H6OS. The van der Waals surface area contributed by atoms with Gasteiger partial charge in [-0.25, -0.2) is 0 Å². The van der Waals surface area contributed by atoms with Crippen LogP contribution >= 0.6 is 11.3 Å². The van der Waals surface area contributed by atoms with Crippen LogP contribution in [0.25, 0.3) is 0 Å². The summed E-state index contributed by atoms with van der Waals surface area (Å²) in [4.78, 5) is 1.15. The van der Waals surface area contributed by atoms with Crippen molar-refractivity contribution in [1.82, 2.24) is 0 Å². The van der Waals surface area contributed by atoms with Crippen LogP contribution < -0.4 is 0 Å². The van der Waals surface area contributed by atoms with Gasteiger partial charge in [0.1, 0.15) is 5.75 Å². The normalized spacial score (nSPS) is 9.29. The molecule has 1 aromatic rings. The predicted octanol–water partition coefficient (Wildman–Crippen LogP) is 1.76. The topological polar surface area (TPSA) is 20.2 Å². The number of hydrogen-bond donors (Lipinski definition) is 1. The smallest absolute Gasteiger partial charge is 0.126 e. The maximum Gasteiger partial charge on any atom is 0.126 e. The lowest BCUT2D eigenvalue weighted by atomic mass is 10.5. The Morgan fingerprint density at radius 2 is 2.43 bits per heavy atom. The maximum absolute atomic E-state index is 8.66. The fourth-order valence-electron chi connectivity index (χ4n) is 0.430. The van der Waals surface area contributed by atoms with Gasteiger partial charge in [0.05, 0.1) is 0 Å². The van der Waals surface area contributed by atoms with E-state index in [9.17, 15) is 0 Å². The van der Waals surface area contributed by atoms with Gasteiger partial charge in [-0.1, -0.05) is 0 Å². The minimum Gasteiger partial charge on any atom is -0.507 e. The highest BCUT2D eigenvalue weighted by atomic mass is 32.1. The summed E-state index contributed by atoms with van der Waals surface area (Å²) >= 11 is 1.55. The van der Waals surface area contributed by atoms with Crippen LogP contribution in [0.3, 0.4) is 0 Å². The molecule has 0 aliphatic rings. The molecule has 0 spiro atoms. The minimum absolute atomic E-state index is 0.377. The first-order valence-corrected chi connectivity index (χ1v) is 2.91. The lowest BCUT2D eigenvalue weighted by Gasteiger charge is -1.71. The molecule has 0 unspecified atom stereocenters. The summed E-state index contributed by atoms with van der Waals surface area (Å²) in [5.41, 5.74) is 0. The quantitative estimate of drug-likeness (QED) is 0.545. The Kier molecular flexibility index (Phi) is 1.02. The summed E-state index contributed by atoms with van der Waals surface area (Å²) < 4.78 is 0. The molecule has 0 amide bonds. The van der Waals surface area contributed by atoms with Gasteiger partial charge in [0, 0.05) is 10.3 Å². The van der Waals surface area contributed by atoms with Crippen LogP contribution in [0.4, 0.5) is 0 Å². The summed E-state index contributed by atoms with van der Waals surface area (Å²) in [5.74, 6) is 0.377. The molecule has 0 saturated carbocycles. The summed E-state index contributed by atoms with van der Waals surface area (Å²) in [6.45, 7) is 1.96. The molecule has 0 saturated heterocycles. The highest BCUT2D eigenvalue weighted by Gasteiger charge is 1.87. The first kappa shape index (κ1) is 4.65. The number of rotatable bonds is 0. The number of aryl methyl sites for hydroxylation is 1. The molecule has 2 heteroatoms. The second-order valence-corrected chi connectivity index (χ2v) is 2.53. The molecule has 0 aliphatic carbocycles. The van der Waals surface area contributed by atoms with E-state index >= 15 is 0 Å². The third-order valence-electron chi connectivity index (χ3n) is 0.717. The van der Waals surface area contributed by atoms with Gasteiger partial charge in [0.15, 0.2) is 0 Å². The highest BCUT2D eigenvalue weighted by Crippen LogP contribution is 2.17. The summed E-state index contributed by atoms with van der Waals surface area (Å²) in [6, 6.07) is 1.74. The van der Waals surface area contributed by atoms with Crippen molar-refractivity contribution in [2.45, 2.75) is 6.92 Å². The van der Waals surface area contributed by atoms with Crippen LogP contribution in [-0.2, 0) is 0 Å². The van der Waals surface area contributed by atoms with E-state index < -0.39 is 0 Å². The lowest BCUT2D eigenvalue weighted by Crippen LogP contribution is -1.48. The van der Waals surface area contributed by atoms with Crippen LogP contribution in [0.2, 0.25) is 0 Å². The van der Waals surface area contributed by atoms with Crippen LogP contribution in [0.1, 0.15) is 4.88 Å². The molecule has 1 rings (SSSR count). The van der Waals surface area contributed by atoms with Crippen LogP contribution in [-0.4, -0.2) is 5.11 Å². The summed E-state index contributed by atoms with van der Waals surface area (Å²) in [5, 5.41) is 10.4. The molecule has 0 aliphatic heterocycles. The van der Waals surface area contributed by atoms with Crippen molar-refractivity contribution < 1.29 is 5.11 Å². The molecule has 1 heterocycles. The van der Waals surface area contributed by atoms with Crippen molar-refractivity contribution in [1.29, 1.82) is 0 Å². The van der Waals surface area contributed by atoms with Crippen molar-refractivity contribution in [3.63, 3.8) is 0 Å². The van der Waals surface area contributed by atoms with E-state index in [4.69, 9.17) is 5.11 Å². The third kappa shape index (κ3) is 0.933. The van der Waals surface area contributed by atoms with E-state index in [2.05, 4.69) is 0 Å². The van der Waals surface area contributed by atoms with Gasteiger partial charge in [-0.3, -0.25) is 0 Å². The number of aromatic hydroxyl groups is 1. The van der Waals surface area contributed by atoms with Gasteiger partial charge >= 0.3 is 0 Å². The van der Waals surface area contributed by atoms with E-state index in [0.29, 0.717) is 5.75 Å². The van der Waals surface area contributed by atoms with Gasteiger partial charge in [-0.2, -0.15) is 0 Å². The lowest BCUT2D eigenvalue weighted by molar-refractivity contribution is 0.477. The van der Waals surface area contributed by atoms with Crippen molar-refractivity contribution in [2.24, 2.45) is 0 Å². The average Bonchev–Trinajstić information content (AvgIpc) is 1.87. The molecule has 0 fully saturated rings. The largest absolute Gasteiger partial charge is 0.507 e. The van der Waals surface area contributed by atoms with E-state index in [1.165, 1.54) is 0 Å². The van der Waals surface area contributed by atoms with Gasteiger partial charge in [0.25, 0.3) is 0 Å². The SMILES string of the molecule is Cc1cc(O)cs1. The first-order valence-electron chi connectivity index (χ1n) is 2.03. The zero-order valence-corrected chi connectivity index (χ0v) is 4.83. The van der Waals surface area contributed by atoms with Gasteiger partial charge in [-0.05, 0) is 13.0 Å². The Hall–Kier alpha value is -0.500. The van der Waals surface area contributed by atoms with Crippen molar-refractivity contribution in [3.05, 3.63) is 16.3 Å². The maximum atomic E-state index is 8.66. The summed E-state index contributed by atoms with van der Waals surface area (Å²) in [7, 11) is 0. The fraction of sp³-hybridized carbons (Fsp3) is 0.200. The van der Waals surface area contributed by atoms with Crippen LogP contribution in [0.5, 0.6) is 5.75 Å². The predicted molar refractivity (Wildman–Crippen MR) is 30.7 cm³/mol.